The van der Waals surface area contributed by atoms with Gasteiger partial charge in [-0.25, -0.2) is 4.39 Å². The van der Waals surface area contributed by atoms with Crippen molar-refractivity contribution in [2.24, 2.45) is 5.73 Å². The average molecular weight is 298 g/mol. The number of amidine groups is 1. The molecule has 0 aliphatic rings. The molecule has 100 valence electrons. The highest BCUT2D eigenvalue weighted by atomic mass is 35.5. The molecule has 1 aromatic carbocycles. The number of nitrogens with zero attached hydrogens (tertiary/aromatic N) is 1. The summed E-state index contributed by atoms with van der Waals surface area (Å²) in [6, 6.07) is 8.28. The van der Waals surface area contributed by atoms with Crippen molar-refractivity contribution in [1.29, 1.82) is 5.41 Å². The molecule has 19 heavy (non-hydrogen) atoms. The van der Waals surface area contributed by atoms with Gasteiger partial charge in [0.2, 0.25) is 0 Å². The summed E-state index contributed by atoms with van der Waals surface area (Å²) in [5.41, 5.74) is 6.18. The van der Waals surface area contributed by atoms with Crippen LogP contribution in [0.5, 0.6) is 0 Å². The largest absolute Gasteiger partial charge is 0.384 e. The highest BCUT2D eigenvalue weighted by Crippen LogP contribution is 2.26. The fraction of sp³-hybridized carbons (Fsp3) is 0.154. The molecule has 0 spiro atoms. The van der Waals surface area contributed by atoms with E-state index in [1.165, 1.54) is 17.4 Å². The third-order valence-electron chi connectivity index (χ3n) is 2.69. The molecule has 3 N–H and O–H groups in total. The third-order valence-corrected chi connectivity index (χ3v) is 3.91. The number of nitrogens with one attached hydrogen (secondary N) is 1. The van der Waals surface area contributed by atoms with Crippen molar-refractivity contribution in [1.82, 2.24) is 0 Å². The van der Waals surface area contributed by atoms with E-state index < -0.39 is 5.82 Å². The molecule has 0 bridgehead atoms. The van der Waals surface area contributed by atoms with Crippen LogP contribution in [0.1, 0.15) is 10.4 Å². The van der Waals surface area contributed by atoms with Crippen molar-refractivity contribution in [3.8, 4) is 0 Å². The summed E-state index contributed by atoms with van der Waals surface area (Å²) >= 11 is 7.34. The molecule has 0 atom stereocenters. The predicted octanol–water partition coefficient (Wildman–Crippen LogP) is 3.46. The summed E-state index contributed by atoms with van der Waals surface area (Å²) in [6.45, 7) is 0.577. The van der Waals surface area contributed by atoms with Gasteiger partial charge in [-0.1, -0.05) is 11.6 Å². The number of hydrogen-bond acceptors (Lipinski definition) is 3. The van der Waals surface area contributed by atoms with Gasteiger partial charge in [-0.2, -0.15) is 0 Å². The Hall–Kier alpha value is -1.59. The SMILES string of the molecule is CN(Cc1ccc(Cl)s1)c1ccc(C(=N)N)cc1F. The highest BCUT2D eigenvalue weighted by Gasteiger charge is 2.11. The molecule has 0 aliphatic carbocycles. The first-order valence-corrected chi connectivity index (χ1v) is 6.76. The number of benzene rings is 1. The Bertz CT molecular complexity index is 612. The number of thiophene rings is 1. The number of halogens is 2. The Morgan fingerprint density at radius 2 is 2.16 bits per heavy atom. The number of rotatable bonds is 4. The minimum absolute atomic E-state index is 0.141. The molecule has 2 aromatic rings. The van der Waals surface area contributed by atoms with E-state index in [2.05, 4.69) is 0 Å². The summed E-state index contributed by atoms with van der Waals surface area (Å²) in [7, 11) is 1.81. The molecule has 2 rings (SSSR count). The molecule has 1 aromatic heterocycles. The van der Waals surface area contributed by atoms with Crippen LogP contribution in [0.25, 0.3) is 0 Å². The van der Waals surface area contributed by atoms with Gasteiger partial charge < -0.3 is 10.6 Å². The first-order chi connectivity index (χ1) is 8.97. The normalized spacial score (nSPS) is 10.5. The lowest BCUT2D eigenvalue weighted by atomic mass is 10.1. The maximum Gasteiger partial charge on any atom is 0.147 e. The number of nitrogen functional groups attached to an aromatic ring is 1. The smallest absolute Gasteiger partial charge is 0.147 e. The van der Waals surface area contributed by atoms with E-state index in [0.717, 1.165) is 9.21 Å². The fourth-order valence-electron chi connectivity index (χ4n) is 1.74. The van der Waals surface area contributed by atoms with Crippen molar-refractivity contribution in [2.75, 3.05) is 11.9 Å². The number of nitrogens with two attached hydrogens (primary N) is 1. The number of anilines is 1. The molecule has 0 aliphatic heterocycles. The van der Waals surface area contributed by atoms with Gasteiger partial charge in [-0.3, -0.25) is 5.41 Å². The first-order valence-electron chi connectivity index (χ1n) is 5.56. The summed E-state index contributed by atoms with van der Waals surface area (Å²) in [4.78, 5) is 2.85. The number of hydrogen-bond donors (Lipinski definition) is 2. The molecule has 0 radical (unpaired) electrons. The van der Waals surface area contributed by atoms with Crippen molar-refractivity contribution >= 4 is 34.5 Å². The van der Waals surface area contributed by atoms with Crippen LogP contribution in [0.2, 0.25) is 4.34 Å². The Labute approximate surface area is 119 Å². The van der Waals surface area contributed by atoms with Crippen LogP contribution in [0.15, 0.2) is 30.3 Å². The Balaban J connectivity index is 2.19. The Morgan fingerprint density at radius 1 is 1.42 bits per heavy atom. The molecular weight excluding hydrogens is 285 g/mol. The van der Waals surface area contributed by atoms with Crippen molar-refractivity contribution < 1.29 is 4.39 Å². The van der Waals surface area contributed by atoms with E-state index in [9.17, 15) is 4.39 Å². The van der Waals surface area contributed by atoms with Crippen LogP contribution < -0.4 is 10.6 Å². The van der Waals surface area contributed by atoms with Crippen LogP contribution in [0.3, 0.4) is 0 Å². The topological polar surface area (TPSA) is 53.1 Å². The maximum atomic E-state index is 14.0. The van der Waals surface area contributed by atoms with Crippen LogP contribution in [-0.4, -0.2) is 12.9 Å². The van der Waals surface area contributed by atoms with Crippen LogP contribution in [0.4, 0.5) is 10.1 Å². The van der Waals surface area contributed by atoms with E-state index in [0.29, 0.717) is 17.8 Å². The molecule has 0 unspecified atom stereocenters. The van der Waals surface area contributed by atoms with Crippen molar-refractivity contribution in [2.45, 2.75) is 6.54 Å². The lowest BCUT2D eigenvalue weighted by Gasteiger charge is -2.19. The van der Waals surface area contributed by atoms with Gasteiger partial charge in [0, 0.05) is 17.5 Å². The van der Waals surface area contributed by atoms with E-state index in [1.807, 2.05) is 12.1 Å². The monoisotopic (exact) mass is 297 g/mol. The zero-order valence-corrected chi connectivity index (χ0v) is 11.9. The summed E-state index contributed by atoms with van der Waals surface area (Å²) in [6.07, 6.45) is 0. The fourth-order valence-corrected chi connectivity index (χ4v) is 2.88. The average Bonchev–Trinajstić information content (AvgIpc) is 2.74. The molecule has 0 amide bonds. The van der Waals surface area contributed by atoms with Crippen LogP contribution in [0, 0.1) is 11.2 Å². The zero-order valence-electron chi connectivity index (χ0n) is 10.3. The Kier molecular flexibility index (Phi) is 4.07. The lowest BCUT2D eigenvalue weighted by molar-refractivity contribution is 0.622. The van der Waals surface area contributed by atoms with Gasteiger partial charge in [0.15, 0.2) is 0 Å². The second kappa shape index (κ2) is 5.59. The van der Waals surface area contributed by atoms with Gasteiger partial charge in [-0.05, 0) is 30.3 Å². The van der Waals surface area contributed by atoms with Crippen LogP contribution >= 0.6 is 22.9 Å². The molecule has 3 nitrogen and oxygen atoms in total. The summed E-state index contributed by atoms with van der Waals surface area (Å²) in [5.74, 6) is -0.531. The second-order valence-electron chi connectivity index (χ2n) is 4.14. The van der Waals surface area contributed by atoms with Gasteiger partial charge in [-0.15, -0.1) is 11.3 Å². The molecule has 6 heteroatoms. The van der Waals surface area contributed by atoms with Gasteiger partial charge in [0.05, 0.1) is 16.6 Å². The minimum Gasteiger partial charge on any atom is -0.384 e. The first kappa shape index (κ1) is 13.8. The standard InChI is InChI=1S/C13H13ClFN3S/c1-18(7-9-3-5-12(14)19-9)11-4-2-8(13(16)17)6-10(11)15/h2-6H,7H2,1H3,(H3,16,17). The molecule has 0 saturated heterocycles. The summed E-state index contributed by atoms with van der Waals surface area (Å²) in [5, 5.41) is 7.28. The van der Waals surface area contributed by atoms with E-state index in [-0.39, 0.29) is 5.84 Å². The van der Waals surface area contributed by atoms with E-state index in [4.69, 9.17) is 22.7 Å². The predicted molar refractivity (Wildman–Crippen MR) is 78.9 cm³/mol. The quantitative estimate of drug-likeness (QED) is 0.671. The summed E-state index contributed by atoms with van der Waals surface area (Å²) < 4.78 is 14.7. The van der Waals surface area contributed by atoms with Gasteiger partial charge in [0.25, 0.3) is 0 Å². The molecule has 1 heterocycles. The minimum atomic E-state index is -0.391. The lowest BCUT2D eigenvalue weighted by Crippen LogP contribution is -2.18. The maximum absolute atomic E-state index is 14.0. The molecule has 0 saturated carbocycles. The highest BCUT2D eigenvalue weighted by molar-refractivity contribution is 7.16. The molecule has 0 fully saturated rings. The van der Waals surface area contributed by atoms with Crippen LogP contribution in [-0.2, 0) is 6.54 Å². The van der Waals surface area contributed by atoms with Crippen molar-refractivity contribution in [3.05, 3.63) is 50.9 Å². The van der Waals surface area contributed by atoms with E-state index in [1.54, 1.807) is 24.1 Å². The van der Waals surface area contributed by atoms with Gasteiger partial charge >= 0.3 is 0 Å². The Morgan fingerprint density at radius 3 is 2.68 bits per heavy atom. The second-order valence-corrected chi connectivity index (χ2v) is 5.94. The van der Waals surface area contributed by atoms with Crippen molar-refractivity contribution in [3.63, 3.8) is 0 Å². The zero-order chi connectivity index (χ0) is 14.0. The van der Waals surface area contributed by atoms with E-state index >= 15 is 0 Å². The van der Waals surface area contributed by atoms with Gasteiger partial charge in [0.1, 0.15) is 11.7 Å². The third kappa shape index (κ3) is 3.24. The molecular formula is C13H13ClFN3S.